The molecule has 94 valence electrons. The van der Waals surface area contributed by atoms with Crippen molar-refractivity contribution in [3.8, 4) is 11.5 Å². The molecule has 0 heterocycles. The van der Waals surface area contributed by atoms with Crippen LogP contribution in [0.1, 0.15) is 37.8 Å². The van der Waals surface area contributed by atoms with E-state index >= 15 is 0 Å². The molecule has 17 heavy (non-hydrogen) atoms. The smallest absolute Gasteiger partial charge is 0.504 e. The zero-order chi connectivity index (χ0) is 12.8. The lowest BCUT2D eigenvalue weighted by molar-refractivity contribution is 0.143. The monoisotopic (exact) mass is 238 g/mol. The Morgan fingerprint density at radius 3 is 2.53 bits per heavy atom. The first-order valence-corrected chi connectivity index (χ1v) is 5.84. The molecule has 0 aliphatic carbocycles. The lowest BCUT2D eigenvalue weighted by Crippen LogP contribution is -2.04. The third-order valence-electron chi connectivity index (χ3n) is 2.66. The van der Waals surface area contributed by atoms with Gasteiger partial charge < -0.3 is 14.9 Å². The number of hydrogen-bond donors (Lipinski definition) is 2. The van der Waals surface area contributed by atoms with Gasteiger partial charge in [0.1, 0.15) is 0 Å². The van der Waals surface area contributed by atoms with Gasteiger partial charge in [0.2, 0.25) is 0 Å². The minimum absolute atomic E-state index is 0.0146. The number of benzene rings is 1. The number of ether oxygens (including phenoxy) is 1. The molecule has 1 aromatic carbocycles. The van der Waals surface area contributed by atoms with Crippen LogP contribution in [0, 0.1) is 0 Å². The van der Waals surface area contributed by atoms with Gasteiger partial charge in [-0.25, -0.2) is 4.79 Å². The zero-order valence-electron chi connectivity index (χ0n) is 10.2. The molecule has 0 atom stereocenters. The molecule has 4 heteroatoms. The summed E-state index contributed by atoms with van der Waals surface area (Å²) in [6.45, 7) is 4.10. The van der Waals surface area contributed by atoms with Crippen LogP contribution in [0.25, 0.3) is 0 Å². The van der Waals surface area contributed by atoms with E-state index in [1.807, 2.05) is 6.92 Å². The van der Waals surface area contributed by atoms with E-state index < -0.39 is 6.16 Å². The molecule has 0 bridgehead atoms. The summed E-state index contributed by atoms with van der Waals surface area (Å²) in [5.41, 5.74) is 2.08. The summed E-state index contributed by atoms with van der Waals surface area (Å²) in [7, 11) is 0. The molecule has 1 rings (SSSR count). The molecular weight excluding hydrogens is 220 g/mol. The summed E-state index contributed by atoms with van der Waals surface area (Å²) < 4.78 is 4.53. The standard InChI is InChI=1S/C13H18O4/c1-3-5-6-10-8-12(17-13(15)16)11(14)7-9(10)4-2/h7-8,14H,3-6H2,1-2H3,(H,15,16). The lowest BCUT2D eigenvalue weighted by atomic mass is 9.99. The number of aryl methyl sites for hydroxylation is 2. The summed E-state index contributed by atoms with van der Waals surface area (Å²) in [5, 5.41) is 18.2. The number of hydrogen-bond acceptors (Lipinski definition) is 3. The third-order valence-corrected chi connectivity index (χ3v) is 2.66. The van der Waals surface area contributed by atoms with Crippen molar-refractivity contribution in [2.24, 2.45) is 0 Å². The van der Waals surface area contributed by atoms with Crippen LogP contribution < -0.4 is 4.74 Å². The summed E-state index contributed by atoms with van der Waals surface area (Å²) in [6, 6.07) is 3.21. The molecule has 0 aliphatic rings. The van der Waals surface area contributed by atoms with Gasteiger partial charge in [0.15, 0.2) is 11.5 Å². The van der Waals surface area contributed by atoms with Gasteiger partial charge in [-0.2, -0.15) is 0 Å². The van der Waals surface area contributed by atoms with Gasteiger partial charge >= 0.3 is 6.16 Å². The molecule has 0 spiro atoms. The van der Waals surface area contributed by atoms with Gasteiger partial charge in [0, 0.05) is 0 Å². The summed E-state index contributed by atoms with van der Waals surface area (Å²) in [6.07, 6.45) is 2.37. The van der Waals surface area contributed by atoms with Crippen molar-refractivity contribution in [3.05, 3.63) is 23.3 Å². The SMILES string of the molecule is CCCCc1cc(OC(=O)O)c(O)cc1CC. The maximum absolute atomic E-state index is 10.5. The summed E-state index contributed by atoms with van der Waals surface area (Å²) in [5.74, 6) is -0.106. The van der Waals surface area contributed by atoms with Crippen molar-refractivity contribution in [1.29, 1.82) is 0 Å². The first kappa shape index (κ1) is 13.4. The Morgan fingerprint density at radius 1 is 1.29 bits per heavy atom. The highest BCUT2D eigenvalue weighted by Crippen LogP contribution is 2.31. The van der Waals surface area contributed by atoms with Crippen LogP contribution in [0.15, 0.2) is 12.1 Å². The second kappa shape index (κ2) is 6.13. The molecule has 1 aromatic rings. The maximum atomic E-state index is 10.5. The van der Waals surface area contributed by atoms with Crippen molar-refractivity contribution >= 4 is 6.16 Å². The quantitative estimate of drug-likeness (QED) is 0.609. The molecular formula is C13H18O4. The predicted molar refractivity (Wildman–Crippen MR) is 64.7 cm³/mol. The first-order chi connectivity index (χ1) is 8.08. The van der Waals surface area contributed by atoms with Crippen LogP contribution in [0.4, 0.5) is 4.79 Å². The Balaban J connectivity index is 3.03. The van der Waals surface area contributed by atoms with E-state index in [2.05, 4.69) is 11.7 Å². The lowest BCUT2D eigenvalue weighted by Gasteiger charge is -2.11. The molecule has 0 saturated heterocycles. The predicted octanol–water partition coefficient (Wildman–Crippen LogP) is 3.35. The average molecular weight is 238 g/mol. The Labute approximate surface area is 101 Å². The maximum Gasteiger partial charge on any atom is 0.511 e. The molecule has 0 fully saturated rings. The fraction of sp³-hybridized carbons (Fsp3) is 0.462. The fourth-order valence-corrected chi connectivity index (χ4v) is 1.76. The number of carboxylic acid groups (broad SMARTS) is 1. The molecule has 0 aliphatic heterocycles. The van der Waals surface area contributed by atoms with E-state index in [-0.39, 0.29) is 11.5 Å². The Morgan fingerprint density at radius 2 is 2.00 bits per heavy atom. The van der Waals surface area contributed by atoms with E-state index in [4.69, 9.17) is 5.11 Å². The average Bonchev–Trinajstić information content (AvgIpc) is 2.28. The van der Waals surface area contributed by atoms with Crippen molar-refractivity contribution < 1.29 is 19.7 Å². The molecule has 0 saturated carbocycles. The van der Waals surface area contributed by atoms with Crippen LogP contribution in [0.2, 0.25) is 0 Å². The highest BCUT2D eigenvalue weighted by atomic mass is 16.7. The van der Waals surface area contributed by atoms with Crippen molar-refractivity contribution in [2.75, 3.05) is 0 Å². The minimum Gasteiger partial charge on any atom is -0.504 e. The van der Waals surface area contributed by atoms with E-state index in [9.17, 15) is 9.90 Å². The zero-order valence-corrected chi connectivity index (χ0v) is 10.2. The highest BCUT2D eigenvalue weighted by molar-refractivity contribution is 5.63. The van der Waals surface area contributed by atoms with Gasteiger partial charge in [-0.05, 0) is 42.5 Å². The van der Waals surface area contributed by atoms with E-state index in [1.54, 1.807) is 12.1 Å². The minimum atomic E-state index is -1.41. The van der Waals surface area contributed by atoms with Crippen molar-refractivity contribution in [3.63, 3.8) is 0 Å². The number of carbonyl (C=O) groups is 1. The molecule has 0 amide bonds. The third kappa shape index (κ3) is 3.66. The molecule has 2 N–H and O–H groups in total. The Kier molecular flexibility index (Phi) is 4.82. The molecule has 4 nitrogen and oxygen atoms in total. The summed E-state index contributed by atoms with van der Waals surface area (Å²) >= 11 is 0. The largest absolute Gasteiger partial charge is 0.511 e. The van der Waals surface area contributed by atoms with Gasteiger partial charge in [0.05, 0.1) is 0 Å². The van der Waals surface area contributed by atoms with E-state index in [1.165, 1.54) is 0 Å². The molecule has 0 unspecified atom stereocenters. The Hall–Kier alpha value is -1.71. The van der Waals surface area contributed by atoms with Crippen LogP contribution in [-0.2, 0) is 12.8 Å². The normalized spacial score (nSPS) is 10.2. The van der Waals surface area contributed by atoms with Crippen LogP contribution in [-0.4, -0.2) is 16.4 Å². The van der Waals surface area contributed by atoms with E-state index in [0.717, 1.165) is 36.8 Å². The van der Waals surface area contributed by atoms with Crippen molar-refractivity contribution in [1.82, 2.24) is 0 Å². The van der Waals surface area contributed by atoms with Gasteiger partial charge in [0.25, 0.3) is 0 Å². The number of aromatic hydroxyl groups is 1. The molecule has 0 radical (unpaired) electrons. The first-order valence-electron chi connectivity index (χ1n) is 5.84. The van der Waals surface area contributed by atoms with Gasteiger partial charge in [-0.15, -0.1) is 0 Å². The van der Waals surface area contributed by atoms with Crippen molar-refractivity contribution in [2.45, 2.75) is 39.5 Å². The second-order valence-electron chi connectivity index (χ2n) is 3.91. The van der Waals surface area contributed by atoms with Crippen LogP contribution in [0.5, 0.6) is 11.5 Å². The number of phenols is 1. The van der Waals surface area contributed by atoms with Crippen LogP contribution >= 0.6 is 0 Å². The van der Waals surface area contributed by atoms with E-state index in [0.29, 0.717) is 0 Å². The second-order valence-corrected chi connectivity index (χ2v) is 3.91. The number of rotatable bonds is 5. The highest BCUT2D eigenvalue weighted by Gasteiger charge is 2.11. The Bertz CT molecular complexity index is 399. The molecule has 0 aromatic heterocycles. The van der Waals surface area contributed by atoms with Crippen LogP contribution in [0.3, 0.4) is 0 Å². The number of phenolic OH excluding ortho intramolecular Hbond substituents is 1. The van der Waals surface area contributed by atoms with Gasteiger partial charge in [-0.3, -0.25) is 0 Å². The topological polar surface area (TPSA) is 66.8 Å². The summed E-state index contributed by atoms with van der Waals surface area (Å²) in [4.78, 5) is 10.5. The van der Waals surface area contributed by atoms with Gasteiger partial charge in [-0.1, -0.05) is 20.3 Å². The fourth-order valence-electron chi connectivity index (χ4n) is 1.76. The number of unbranched alkanes of at least 4 members (excludes halogenated alkanes) is 1.